The number of hydrogen-bond acceptors (Lipinski definition) is 3. The number of nitrogens with one attached hydrogen (secondary N) is 1. The number of rotatable bonds is 7. The molecule has 0 bridgehead atoms. The highest BCUT2D eigenvalue weighted by Gasteiger charge is 2.31. The molecule has 1 fully saturated rings. The monoisotopic (exact) mass is 408 g/mol. The molecule has 1 amide bonds. The van der Waals surface area contributed by atoms with Gasteiger partial charge in [-0.25, -0.2) is 4.98 Å². The molecule has 2 aromatic carbocycles. The van der Waals surface area contributed by atoms with Crippen molar-refractivity contribution in [2.75, 3.05) is 6.54 Å². The fourth-order valence-corrected chi connectivity index (χ4v) is 4.17. The van der Waals surface area contributed by atoms with Gasteiger partial charge in [-0.3, -0.25) is 4.79 Å². The molecular weight excluding hydrogens is 384 g/mol. The van der Waals surface area contributed by atoms with Gasteiger partial charge in [0.2, 0.25) is 5.91 Å². The highest BCUT2D eigenvalue weighted by molar-refractivity contribution is 6.30. The zero-order valence-corrected chi connectivity index (χ0v) is 17.3. The van der Waals surface area contributed by atoms with Crippen LogP contribution < -0.4 is 5.32 Å². The van der Waals surface area contributed by atoms with E-state index in [0.717, 1.165) is 36.3 Å². The summed E-state index contributed by atoms with van der Waals surface area (Å²) in [6.45, 7) is 4.77. The second-order valence-electron chi connectivity index (χ2n) is 7.62. The summed E-state index contributed by atoms with van der Waals surface area (Å²) < 4.78 is 2.12. The number of amides is 1. The van der Waals surface area contributed by atoms with Crippen LogP contribution in [-0.2, 0) is 24.4 Å². The van der Waals surface area contributed by atoms with Gasteiger partial charge < -0.3 is 14.8 Å². The van der Waals surface area contributed by atoms with E-state index in [9.17, 15) is 4.79 Å². The van der Waals surface area contributed by atoms with Crippen LogP contribution in [0.25, 0.3) is 0 Å². The second kappa shape index (κ2) is 8.80. The van der Waals surface area contributed by atoms with E-state index in [2.05, 4.69) is 33.1 Å². The summed E-state index contributed by atoms with van der Waals surface area (Å²) in [5.41, 5.74) is 4.49. The number of aryl methyl sites for hydroxylation is 1. The number of carbonyl (C=O) groups is 1. The first-order valence-corrected chi connectivity index (χ1v) is 10.3. The van der Waals surface area contributed by atoms with Gasteiger partial charge in [0.25, 0.3) is 0 Å². The molecule has 6 heteroatoms. The van der Waals surface area contributed by atoms with Crippen LogP contribution in [0.1, 0.15) is 28.8 Å². The minimum absolute atomic E-state index is 0.150. The first kappa shape index (κ1) is 19.7. The van der Waals surface area contributed by atoms with Crippen molar-refractivity contribution in [1.82, 2.24) is 19.8 Å². The lowest BCUT2D eigenvalue weighted by molar-refractivity contribution is -0.129. The average molecular weight is 409 g/mol. The molecule has 29 heavy (non-hydrogen) atoms. The molecule has 1 saturated heterocycles. The maximum atomic E-state index is 12.8. The Morgan fingerprint density at radius 2 is 1.97 bits per heavy atom. The maximum Gasteiger partial charge on any atom is 0.240 e. The molecule has 150 valence electrons. The molecule has 0 unspecified atom stereocenters. The topological polar surface area (TPSA) is 50.2 Å². The van der Waals surface area contributed by atoms with Gasteiger partial charge in [-0.05, 0) is 42.2 Å². The van der Waals surface area contributed by atoms with E-state index < -0.39 is 0 Å². The summed E-state index contributed by atoms with van der Waals surface area (Å²) in [5, 5.41) is 4.14. The van der Waals surface area contributed by atoms with Crippen molar-refractivity contribution in [3.63, 3.8) is 0 Å². The number of benzene rings is 2. The van der Waals surface area contributed by atoms with Gasteiger partial charge in [0.1, 0.15) is 0 Å². The normalized spacial score (nSPS) is 16.6. The van der Waals surface area contributed by atoms with Gasteiger partial charge in [-0.15, -0.1) is 0 Å². The van der Waals surface area contributed by atoms with Crippen molar-refractivity contribution in [2.24, 2.45) is 0 Å². The third-order valence-corrected chi connectivity index (χ3v) is 5.51. The fourth-order valence-electron chi connectivity index (χ4n) is 3.85. The number of likely N-dealkylation sites (tertiary alicyclic amines) is 1. The lowest BCUT2D eigenvalue weighted by atomic mass is 10.1. The summed E-state index contributed by atoms with van der Waals surface area (Å²) in [4.78, 5) is 19.0. The third kappa shape index (κ3) is 4.86. The summed E-state index contributed by atoms with van der Waals surface area (Å²) in [6, 6.07) is 16.1. The van der Waals surface area contributed by atoms with E-state index in [-0.39, 0.29) is 11.9 Å². The Labute approximate surface area is 176 Å². The second-order valence-corrected chi connectivity index (χ2v) is 8.05. The van der Waals surface area contributed by atoms with Crippen molar-refractivity contribution in [1.29, 1.82) is 0 Å². The van der Waals surface area contributed by atoms with Crippen molar-refractivity contribution in [2.45, 2.75) is 39.0 Å². The molecule has 0 aliphatic carbocycles. The molecule has 4 rings (SSSR count). The van der Waals surface area contributed by atoms with Crippen LogP contribution in [0.4, 0.5) is 0 Å². The van der Waals surface area contributed by atoms with E-state index in [1.807, 2.05) is 54.7 Å². The van der Waals surface area contributed by atoms with E-state index in [1.165, 1.54) is 5.56 Å². The summed E-state index contributed by atoms with van der Waals surface area (Å²) >= 11 is 6.16. The van der Waals surface area contributed by atoms with E-state index in [0.29, 0.717) is 18.1 Å². The van der Waals surface area contributed by atoms with Gasteiger partial charge in [-0.1, -0.05) is 48.0 Å². The van der Waals surface area contributed by atoms with Crippen LogP contribution >= 0.6 is 11.6 Å². The average Bonchev–Trinajstić information content (AvgIpc) is 3.27. The Morgan fingerprint density at radius 3 is 2.76 bits per heavy atom. The van der Waals surface area contributed by atoms with Gasteiger partial charge in [0.15, 0.2) is 0 Å². The molecule has 1 aliphatic rings. The van der Waals surface area contributed by atoms with Crippen molar-refractivity contribution in [3.05, 3.63) is 88.5 Å². The molecule has 0 radical (unpaired) electrons. The minimum Gasteiger partial charge on any atom is -0.337 e. The van der Waals surface area contributed by atoms with E-state index in [4.69, 9.17) is 11.6 Å². The molecule has 0 saturated carbocycles. The number of hydrogen-bond donors (Lipinski definition) is 1. The van der Waals surface area contributed by atoms with Crippen LogP contribution in [0, 0.1) is 6.92 Å². The fraction of sp³-hybridized carbons (Fsp3) is 0.304. The maximum absolute atomic E-state index is 12.8. The highest BCUT2D eigenvalue weighted by Crippen LogP contribution is 2.20. The Bertz CT molecular complexity index is 965. The smallest absolute Gasteiger partial charge is 0.240 e. The first-order valence-electron chi connectivity index (χ1n) is 9.89. The first-order chi connectivity index (χ1) is 14.1. The Hall–Kier alpha value is -2.63. The third-order valence-electron chi connectivity index (χ3n) is 5.30. The Kier molecular flexibility index (Phi) is 5.97. The molecule has 1 N–H and O–H groups in total. The van der Waals surface area contributed by atoms with E-state index >= 15 is 0 Å². The van der Waals surface area contributed by atoms with Crippen LogP contribution in [0.5, 0.6) is 0 Å². The number of carbonyl (C=O) groups excluding carboxylic acids is 1. The largest absolute Gasteiger partial charge is 0.337 e. The van der Waals surface area contributed by atoms with Crippen molar-refractivity contribution in [3.8, 4) is 0 Å². The van der Waals surface area contributed by atoms with Gasteiger partial charge in [0, 0.05) is 37.4 Å². The summed E-state index contributed by atoms with van der Waals surface area (Å²) in [6.07, 6.45) is 4.52. The van der Waals surface area contributed by atoms with Crippen LogP contribution in [0.2, 0.25) is 5.02 Å². The minimum atomic E-state index is -0.157. The number of imidazole rings is 1. The molecule has 1 aliphatic heterocycles. The standard InChI is InChI=1S/C23H25ClN4O/c1-17-9-19(11-20(24)10-17)15-27-8-7-22(23(27)29)26-13-21-12-25-16-28(21)14-18-5-3-2-4-6-18/h2-6,9-12,16,22,26H,7-8,13-15H2,1H3/t22-/m0/s1. The predicted molar refractivity (Wildman–Crippen MR) is 115 cm³/mol. The Balaban J connectivity index is 1.34. The van der Waals surface area contributed by atoms with Crippen molar-refractivity contribution < 1.29 is 4.79 Å². The highest BCUT2D eigenvalue weighted by atomic mass is 35.5. The number of aromatic nitrogens is 2. The zero-order valence-electron chi connectivity index (χ0n) is 16.5. The molecule has 1 atom stereocenters. The lowest BCUT2D eigenvalue weighted by Gasteiger charge is -2.18. The lowest BCUT2D eigenvalue weighted by Crippen LogP contribution is -2.38. The molecular formula is C23H25ClN4O. The molecule has 2 heterocycles. The quantitative estimate of drug-likeness (QED) is 0.647. The SMILES string of the molecule is Cc1cc(Cl)cc(CN2CC[C@H](NCc3cncn3Cc3ccccc3)C2=O)c1. The van der Waals surface area contributed by atoms with Crippen LogP contribution in [0.3, 0.4) is 0 Å². The zero-order chi connectivity index (χ0) is 20.2. The molecule has 0 spiro atoms. The number of halogens is 1. The predicted octanol–water partition coefficient (Wildman–Crippen LogP) is 3.78. The molecule has 1 aromatic heterocycles. The number of nitrogens with zero attached hydrogens (tertiary/aromatic N) is 3. The van der Waals surface area contributed by atoms with Gasteiger partial charge in [-0.2, -0.15) is 0 Å². The Morgan fingerprint density at radius 1 is 1.14 bits per heavy atom. The molecule has 5 nitrogen and oxygen atoms in total. The van der Waals surface area contributed by atoms with Crippen LogP contribution in [-0.4, -0.2) is 32.9 Å². The van der Waals surface area contributed by atoms with Crippen LogP contribution in [0.15, 0.2) is 61.1 Å². The van der Waals surface area contributed by atoms with Gasteiger partial charge >= 0.3 is 0 Å². The van der Waals surface area contributed by atoms with Gasteiger partial charge in [0.05, 0.1) is 18.1 Å². The molecule has 3 aromatic rings. The summed E-state index contributed by atoms with van der Waals surface area (Å²) in [5.74, 6) is 0.150. The van der Waals surface area contributed by atoms with E-state index in [1.54, 1.807) is 0 Å². The summed E-state index contributed by atoms with van der Waals surface area (Å²) in [7, 11) is 0. The van der Waals surface area contributed by atoms with Crippen molar-refractivity contribution >= 4 is 17.5 Å².